The molecule has 0 radical (unpaired) electrons. The number of fused-ring (bicyclic) bond motifs is 1. The zero-order chi connectivity index (χ0) is 31.1. The van der Waals surface area contributed by atoms with Crippen LogP contribution in [0, 0.1) is 5.82 Å². The van der Waals surface area contributed by atoms with Gasteiger partial charge in [0.15, 0.2) is 0 Å². The van der Waals surface area contributed by atoms with Crippen LogP contribution in [0.3, 0.4) is 0 Å². The Labute approximate surface area is 234 Å². The van der Waals surface area contributed by atoms with Crippen LogP contribution in [0.1, 0.15) is 29.5 Å². The maximum absolute atomic E-state index is 13.7. The number of rotatable bonds is 7. The molecule has 0 bridgehead atoms. The number of aromatic nitrogens is 1. The molecule has 2 heterocycles. The molecule has 0 fully saturated rings. The van der Waals surface area contributed by atoms with Gasteiger partial charge in [0, 0.05) is 23.7 Å². The van der Waals surface area contributed by atoms with E-state index in [-0.39, 0.29) is 29.8 Å². The van der Waals surface area contributed by atoms with E-state index in [9.17, 15) is 54.2 Å². The minimum Gasteiger partial charge on any atom is -0.392 e. The summed E-state index contributed by atoms with van der Waals surface area (Å²) in [6.07, 6.45) is -10.7. The summed E-state index contributed by atoms with van der Waals surface area (Å²) in [5, 5.41) is 21.8. The zero-order valence-corrected chi connectivity index (χ0v) is 22.1. The Kier molecular flexibility index (Phi) is 8.28. The predicted octanol–water partition coefficient (Wildman–Crippen LogP) is 4.56. The van der Waals surface area contributed by atoms with E-state index in [2.05, 4.69) is 10.3 Å². The second-order valence-corrected chi connectivity index (χ2v) is 11.3. The molecule has 8 nitrogen and oxygen atoms in total. The van der Waals surface area contributed by atoms with E-state index in [0.29, 0.717) is 28.1 Å². The molecule has 16 heteroatoms. The summed E-state index contributed by atoms with van der Waals surface area (Å²) < 4.78 is 123. The molecule has 0 saturated carbocycles. The lowest BCUT2D eigenvalue weighted by atomic mass is 9.87. The van der Waals surface area contributed by atoms with Gasteiger partial charge in [-0.2, -0.15) is 26.3 Å². The van der Waals surface area contributed by atoms with Gasteiger partial charge in [0.05, 0.1) is 35.1 Å². The maximum Gasteiger partial charge on any atom is 0.430 e. The number of alkyl halides is 6. The van der Waals surface area contributed by atoms with Crippen molar-refractivity contribution in [3.63, 3.8) is 0 Å². The van der Waals surface area contributed by atoms with E-state index >= 15 is 0 Å². The molecule has 42 heavy (non-hydrogen) atoms. The molecule has 1 amide bonds. The fraction of sp³-hybridized carbons (Fsp3) is 0.308. The minimum atomic E-state index is -6.16. The van der Waals surface area contributed by atoms with Crippen LogP contribution in [0.25, 0.3) is 0 Å². The van der Waals surface area contributed by atoms with Crippen molar-refractivity contribution in [1.82, 2.24) is 4.98 Å². The molecule has 0 saturated heterocycles. The fourth-order valence-corrected chi connectivity index (χ4v) is 6.39. The van der Waals surface area contributed by atoms with Crippen LogP contribution < -0.4 is 9.62 Å². The van der Waals surface area contributed by atoms with Crippen molar-refractivity contribution in [3.8, 4) is 0 Å². The number of aliphatic hydroxyl groups is 2. The van der Waals surface area contributed by atoms with Gasteiger partial charge in [0.2, 0.25) is 5.91 Å². The summed E-state index contributed by atoms with van der Waals surface area (Å²) in [5.41, 5.74) is -6.95. The summed E-state index contributed by atoms with van der Waals surface area (Å²) in [6, 6.07) is 5.21. The van der Waals surface area contributed by atoms with E-state index in [0.717, 1.165) is 24.3 Å². The van der Waals surface area contributed by atoms with Crippen LogP contribution in [0.15, 0.2) is 65.8 Å². The number of halogens is 7. The molecule has 0 aliphatic carbocycles. The Balaban J connectivity index is 1.79. The third-order valence-electron chi connectivity index (χ3n) is 6.78. The fourth-order valence-electron chi connectivity index (χ4n) is 4.67. The van der Waals surface area contributed by atoms with Gasteiger partial charge in [0.25, 0.3) is 15.6 Å². The number of carbonyl (C=O) groups excluding carboxylic acids is 1. The molecule has 4 rings (SSSR count). The maximum atomic E-state index is 13.7. The van der Waals surface area contributed by atoms with Crippen LogP contribution in [0.2, 0.25) is 0 Å². The number of nitrogens with one attached hydrogen (secondary N) is 1. The monoisotopic (exact) mass is 621 g/mol. The smallest absolute Gasteiger partial charge is 0.392 e. The first-order valence-corrected chi connectivity index (χ1v) is 13.6. The van der Waals surface area contributed by atoms with Crippen LogP contribution in [-0.4, -0.2) is 47.9 Å². The molecular weight excluding hydrogens is 599 g/mol. The number of benzene rings is 2. The van der Waals surface area contributed by atoms with Crippen LogP contribution in [0.5, 0.6) is 0 Å². The van der Waals surface area contributed by atoms with Crippen molar-refractivity contribution >= 4 is 27.3 Å². The molecule has 2 aromatic carbocycles. The molecular formula is C26H22F7N3O5S. The highest BCUT2D eigenvalue weighted by atomic mass is 32.2. The SMILES string of the molecule is O=C(C[C@@H]1CCc2cc(C(O)(C(F)(F)F)C(F)(F)F)ccc2N1S(=O)(=O)c1ccc(F)cc1)Nc1cnccc1CO. The van der Waals surface area contributed by atoms with E-state index in [4.69, 9.17) is 0 Å². The van der Waals surface area contributed by atoms with E-state index < -0.39 is 69.2 Å². The first kappa shape index (κ1) is 31.2. The van der Waals surface area contributed by atoms with Crippen molar-refractivity contribution in [2.45, 2.75) is 54.8 Å². The van der Waals surface area contributed by atoms with Crippen LogP contribution >= 0.6 is 0 Å². The lowest BCUT2D eigenvalue weighted by Gasteiger charge is -2.39. The van der Waals surface area contributed by atoms with E-state index in [1.165, 1.54) is 18.5 Å². The Bertz CT molecular complexity index is 1560. The number of hydrogen-bond acceptors (Lipinski definition) is 6. The largest absolute Gasteiger partial charge is 0.430 e. The number of aryl methyl sites for hydroxylation is 1. The van der Waals surface area contributed by atoms with Crippen molar-refractivity contribution in [1.29, 1.82) is 0 Å². The van der Waals surface area contributed by atoms with Gasteiger partial charge in [-0.1, -0.05) is 12.1 Å². The number of sulfonamides is 1. The first-order valence-electron chi connectivity index (χ1n) is 12.1. The van der Waals surface area contributed by atoms with Crippen molar-refractivity contribution in [2.75, 3.05) is 9.62 Å². The van der Waals surface area contributed by atoms with Gasteiger partial charge in [-0.3, -0.25) is 14.1 Å². The average molecular weight is 622 g/mol. The Morgan fingerprint density at radius 3 is 2.26 bits per heavy atom. The van der Waals surface area contributed by atoms with Gasteiger partial charge < -0.3 is 15.5 Å². The summed E-state index contributed by atoms with van der Waals surface area (Å²) in [6.45, 7) is -0.454. The lowest BCUT2D eigenvalue weighted by Crippen LogP contribution is -2.54. The quantitative estimate of drug-likeness (QED) is 0.333. The Morgan fingerprint density at radius 2 is 1.67 bits per heavy atom. The molecule has 1 aliphatic heterocycles. The lowest BCUT2D eigenvalue weighted by molar-refractivity contribution is -0.376. The van der Waals surface area contributed by atoms with Gasteiger partial charge in [-0.15, -0.1) is 0 Å². The summed E-state index contributed by atoms with van der Waals surface area (Å²) in [7, 11) is -4.65. The third kappa shape index (κ3) is 5.65. The summed E-state index contributed by atoms with van der Waals surface area (Å²) in [4.78, 5) is 16.3. The molecule has 3 aromatic rings. The number of anilines is 2. The number of hydrogen-bond donors (Lipinski definition) is 3. The van der Waals surface area contributed by atoms with Crippen LogP contribution in [0.4, 0.5) is 42.1 Å². The van der Waals surface area contributed by atoms with E-state index in [1.807, 2.05) is 0 Å². The molecule has 1 atom stereocenters. The number of carbonyl (C=O) groups is 1. The van der Waals surface area contributed by atoms with Gasteiger partial charge in [-0.05, 0) is 54.8 Å². The van der Waals surface area contributed by atoms with Crippen molar-refractivity contribution < 1.29 is 54.2 Å². The summed E-state index contributed by atoms with van der Waals surface area (Å²) >= 11 is 0. The molecule has 0 spiro atoms. The van der Waals surface area contributed by atoms with E-state index in [1.54, 1.807) is 0 Å². The molecule has 3 N–H and O–H groups in total. The van der Waals surface area contributed by atoms with Crippen molar-refractivity contribution in [3.05, 3.63) is 83.4 Å². The highest BCUT2D eigenvalue weighted by Crippen LogP contribution is 2.51. The second-order valence-electron chi connectivity index (χ2n) is 9.44. The highest BCUT2D eigenvalue weighted by molar-refractivity contribution is 7.92. The number of amides is 1. The number of pyridine rings is 1. The number of aliphatic hydroxyl groups excluding tert-OH is 1. The standard InChI is InChI=1S/C26H22F7N3O5S/c27-18-3-6-20(7-4-18)42(40,41)36-19(12-23(38)35-21-13-34-10-9-16(21)14-37)5-1-15-11-17(2-8-22(15)36)24(39,25(28,29)30)26(31,32)33/h2-4,6-11,13,19,37,39H,1,5,12,14H2,(H,35,38)/t19-/m0/s1. The third-order valence-corrected chi connectivity index (χ3v) is 8.66. The van der Waals surface area contributed by atoms with Crippen LogP contribution in [-0.2, 0) is 33.4 Å². The average Bonchev–Trinajstić information content (AvgIpc) is 2.91. The molecule has 1 aromatic heterocycles. The highest BCUT2D eigenvalue weighted by Gasteiger charge is 2.71. The Hall–Kier alpha value is -3.76. The topological polar surface area (TPSA) is 120 Å². The molecule has 1 aliphatic rings. The normalized spacial score (nSPS) is 16.2. The molecule has 226 valence electrons. The van der Waals surface area contributed by atoms with Gasteiger partial charge in [0.1, 0.15) is 5.82 Å². The predicted molar refractivity (Wildman–Crippen MR) is 134 cm³/mol. The van der Waals surface area contributed by atoms with Gasteiger partial charge >= 0.3 is 12.4 Å². The Morgan fingerprint density at radius 1 is 1.02 bits per heavy atom. The second kappa shape index (κ2) is 11.1. The molecule has 0 unspecified atom stereocenters. The number of nitrogens with zero attached hydrogens (tertiary/aromatic N) is 2. The first-order chi connectivity index (χ1) is 19.5. The minimum absolute atomic E-state index is 0.136. The zero-order valence-electron chi connectivity index (χ0n) is 21.2. The van der Waals surface area contributed by atoms with Gasteiger partial charge in [-0.25, -0.2) is 12.8 Å². The van der Waals surface area contributed by atoms with Crippen molar-refractivity contribution in [2.24, 2.45) is 0 Å². The summed E-state index contributed by atoms with van der Waals surface area (Å²) in [5.74, 6) is -1.51.